The molecular weight excluding hydrogens is 472 g/mol. The number of amides is 6. The number of para-hydroxylation sites is 2. The average molecular weight is 503 g/mol. The summed E-state index contributed by atoms with van der Waals surface area (Å²) in [6.45, 7) is 0.902. The van der Waals surface area contributed by atoms with Crippen molar-refractivity contribution in [1.82, 2.24) is 9.80 Å². The smallest absolute Gasteiger partial charge is 0.312 e. The van der Waals surface area contributed by atoms with Gasteiger partial charge in [-0.25, -0.2) is 4.79 Å². The van der Waals surface area contributed by atoms with Crippen molar-refractivity contribution in [2.24, 2.45) is 5.41 Å². The monoisotopic (exact) mass is 502 g/mol. The van der Waals surface area contributed by atoms with E-state index in [4.69, 9.17) is 0 Å². The topological polar surface area (TPSA) is 98.3 Å². The summed E-state index contributed by atoms with van der Waals surface area (Å²) in [7, 11) is 2.56. The Kier molecular flexibility index (Phi) is 6.31. The molecule has 0 radical (unpaired) electrons. The second-order valence-corrected chi connectivity index (χ2v) is 10.0. The zero-order valence-corrected chi connectivity index (χ0v) is 21.1. The van der Waals surface area contributed by atoms with E-state index in [9.17, 15) is 24.0 Å². The van der Waals surface area contributed by atoms with Crippen molar-refractivity contribution in [3.63, 3.8) is 0 Å². The van der Waals surface area contributed by atoms with Gasteiger partial charge in [0.15, 0.2) is 0 Å². The fourth-order valence-electron chi connectivity index (χ4n) is 5.79. The lowest BCUT2D eigenvalue weighted by Crippen LogP contribution is -2.65. The van der Waals surface area contributed by atoms with E-state index in [2.05, 4.69) is 0 Å². The normalized spacial score (nSPS) is 19.0. The molecule has 1 fully saturated rings. The van der Waals surface area contributed by atoms with E-state index in [0.29, 0.717) is 13.1 Å². The molecule has 192 valence electrons. The Labute approximate surface area is 215 Å². The van der Waals surface area contributed by atoms with Crippen molar-refractivity contribution in [3.05, 3.63) is 59.7 Å². The van der Waals surface area contributed by atoms with E-state index in [-0.39, 0.29) is 0 Å². The highest BCUT2D eigenvalue weighted by molar-refractivity contribution is 6.22. The minimum Gasteiger partial charge on any atom is -0.312 e. The van der Waals surface area contributed by atoms with Gasteiger partial charge in [0, 0.05) is 38.6 Å². The summed E-state index contributed by atoms with van der Waals surface area (Å²) in [6.07, 6.45) is 2.16. The number of imide groups is 2. The van der Waals surface area contributed by atoms with Crippen LogP contribution in [-0.4, -0.2) is 66.6 Å². The van der Waals surface area contributed by atoms with Gasteiger partial charge in [-0.05, 0) is 48.9 Å². The number of benzene rings is 2. The van der Waals surface area contributed by atoms with Gasteiger partial charge in [-0.1, -0.05) is 36.4 Å². The number of hydrogen-bond donors (Lipinski definition) is 0. The van der Waals surface area contributed by atoms with Crippen LogP contribution in [-0.2, 0) is 32.0 Å². The predicted molar refractivity (Wildman–Crippen MR) is 137 cm³/mol. The Hall–Kier alpha value is -4.01. The maximum atomic E-state index is 13.8. The molecule has 6 amide bonds. The van der Waals surface area contributed by atoms with Gasteiger partial charge in [0.25, 0.3) is 0 Å². The Balaban J connectivity index is 1.51. The number of barbiturate groups is 1. The fourth-order valence-corrected chi connectivity index (χ4v) is 5.79. The van der Waals surface area contributed by atoms with Crippen LogP contribution in [0.4, 0.5) is 16.2 Å². The van der Waals surface area contributed by atoms with E-state index in [0.717, 1.165) is 58.0 Å². The summed E-state index contributed by atoms with van der Waals surface area (Å²) >= 11 is 0. The van der Waals surface area contributed by atoms with E-state index in [1.165, 1.54) is 14.1 Å². The quantitative estimate of drug-likeness (QED) is 0.599. The number of urea groups is 1. The molecule has 0 aliphatic carbocycles. The average Bonchev–Trinajstić information content (AvgIpc) is 2.93. The van der Waals surface area contributed by atoms with Crippen LogP contribution in [0.25, 0.3) is 0 Å². The van der Waals surface area contributed by atoms with E-state index in [1.807, 2.05) is 48.5 Å². The van der Waals surface area contributed by atoms with Crippen molar-refractivity contribution >= 4 is 41.0 Å². The number of nitrogens with zero attached hydrogens (tertiary/aromatic N) is 4. The molecule has 0 N–H and O–H groups in total. The highest BCUT2D eigenvalue weighted by atomic mass is 16.2. The Morgan fingerprint density at radius 3 is 1.54 bits per heavy atom. The van der Waals surface area contributed by atoms with Crippen LogP contribution in [0.5, 0.6) is 0 Å². The first-order valence-electron chi connectivity index (χ1n) is 12.6. The standard InChI is InChI=1S/C28H30N4O5/c1-29-25(35)28(26(36)30(2)27(29)37,17-23(33)31-15-7-11-19-9-3-5-13-21(19)31)18-24(34)32-16-8-12-20-10-4-6-14-22(20)32/h3-6,9-10,13-14H,7-8,11-12,15-18H2,1-2H3. The highest BCUT2D eigenvalue weighted by Gasteiger charge is 2.58. The Morgan fingerprint density at radius 2 is 1.11 bits per heavy atom. The van der Waals surface area contributed by atoms with Crippen molar-refractivity contribution in [2.75, 3.05) is 37.0 Å². The third kappa shape index (κ3) is 4.08. The molecule has 3 heterocycles. The van der Waals surface area contributed by atoms with Gasteiger partial charge in [-0.2, -0.15) is 0 Å². The lowest BCUT2D eigenvalue weighted by molar-refractivity contribution is -0.161. The molecule has 0 spiro atoms. The fraction of sp³-hybridized carbons (Fsp3) is 0.393. The largest absolute Gasteiger partial charge is 0.332 e. The molecule has 9 nitrogen and oxygen atoms in total. The molecule has 0 aromatic heterocycles. The summed E-state index contributed by atoms with van der Waals surface area (Å²) in [6, 6.07) is 14.3. The van der Waals surface area contributed by atoms with Crippen molar-refractivity contribution < 1.29 is 24.0 Å². The Morgan fingerprint density at radius 1 is 0.703 bits per heavy atom. The highest BCUT2D eigenvalue weighted by Crippen LogP contribution is 2.39. The number of aryl methyl sites for hydroxylation is 2. The first-order valence-corrected chi connectivity index (χ1v) is 12.6. The molecule has 0 bridgehead atoms. The molecule has 0 saturated carbocycles. The lowest BCUT2D eigenvalue weighted by atomic mass is 9.75. The van der Waals surface area contributed by atoms with Gasteiger partial charge in [-0.15, -0.1) is 0 Å². The van der Waals surface area contributed by atoms with Crippen molar-refractivity contribution in [1.29, 1.82) is 0 Å². The van der Waals surface area contributed by atoms with E-state index < -0.39 is 47.9 Å². The molecule has 37 heavy (non-hydrogen) atoms. The number of anilines is 2. The predicted octanol–water partition coefficient (Wildman–Crippen LogP) is 2.76. The van der Waals surface area contributed by atoms with Gasteiger partial charge >= 0.3 is 6.03 Å². The van der Waals surface area contributed by atoms with Crippen LogP contribution >= 0.6 is 0 Å². The van der Waals surface area contributed by atoms with Crippen LogP contribution in [0.15, 0.2) is 48.5 Å². The summed E-state index contributed by atoms with van der Waals surface area (Å²) < 4.78 is 0. The molecule has 0 unspecified atom stereocenters. The van der Waals surface area contributed by atoms with Crippen molar-refractivity contribution in [3.8, 4) is 0 Å². The second-order valence-electron chi connectivity index (χ2n) is 10.0. The zero-order valence-electron chi connectivity index (χ0n) is 21.1. The molecule has 0 atom stereocenters. The second kappa shape index (κ2) is 9.46. The summed E-state index contributed by atoms with van der Waals surface area (Å²) in [5.74, 6) is -2.48. The molecule has 9 heteroatoms. The van der Waals surface area contributed by atoms with Gasteiger partial charge in [0.1, 0.15) is 5.41 Å². The third-order valence-electron chi connectivity index (χ3n) is 7.73. The number of fused-ring (bicyclic) bond motifs is 2. The molecule has 3 aliphatic rings. The molecule has 5 rings (SSSR count). The molecule has 2 aromatic carbocycles. The van der Waals surface area contributed by atoms with E-state index in [1.54, 1.807) is 9.80 Å². The van der Waals surface area contributed by atoms with Gasteiger partial charge in [0.2, 0.25) is 23.6 Å². The minimum atomic E-state index is -2.01. The maximum Gasteiger partial charge on any atom is 0.332 e. The third-order valence-corrected chi connectivity index (χ3v) is 7.73. The lowest BCUT2D eigenvalue weighted by Gasteiger charge is -2.43. The van der Waals surface area contributed by atoms with Crippen LogP contribution in [0, 0.1) is 5.41 Å². The van der Waals surface area contributed by atoms with Crippen LogP contribution < -0.4 is 9.80 Å². The molecule has 1 saturated heterocycles. The summed E-state index contributed by atoms with van der Waals surface area (Å²) in [5, 5.41) is 0. The van der Waals surface area contributed by atoms with Gasteiger partial charge in [-0.3, -0.25) is 29.0 Å². The molecule has 3 aliphatic heterocycles. The first-order chi connectivity index (χ1) is 17.7. The number of rotatable bonds is 4. The van der Waals surface area contributed by atoms with Gasteiger partial charge < -0.3 is 9.80 Å². The number of carbonyl (C=O) groups is 5. The van der Waals surface area contributed by atoms with Crippen LogP contribution in [0.2, 0.25) is 0 Å². The Bertz CT molecular complexity index is 1210. The minimum absolute atomic E-state index is 0.420. The maximum absolute atomic E-state index is 13.8. The SMILES string of the molecule is CN1C(=O)N(C)C(=O)C(CC(=O)N2CCCc3ccccc32)(CC(=O)N2CCCc3ccccc32)C1=O. The summed E-state index contributed by atoms with van der Waals surface area (Å²) in [5.41, 5.74) is 1.52. The number of carbonyl (C=O) groups excluding carboxylic acids is 5. The van der Waals surface area contributed by atoms with Crippen LogP contribution in [0.3, 0.4) is 0 Å². The van der Waals surface area contributed by atoms with Gasteiger partial charge in [0.05, 0.1) is 12.8 Å². The van der Waals surface area contributed by atoms with Crippen molar-refractivity contribution in [2.45, 2.75) is 38.5 Å². The van der Waals surface area contributed by atoms with Crippen LogP contribution in [0.1, 0.15) is 36.8 Å². The molecule has 2 aromatic rings. The molecular formula is C28H30N4O5. The summed E-state index contributed by atoms with van der Waals surface area (Å²) in [4.78, 5) is 72.3. The number of hydrogen-bond acceptors (Lipinski definition) is 5. The van der Waals surface area contributed by atoms with E-state index >= 15 is 0 Å². The first kappa shape index (κ1) is 24.7. The zero-order chi connectivity index (χ0) is 26.3.